The normalized spacial score (nSPS) is 10.2. The van der Waals surface area contributed by atoms with Crippen LogP contribution in [0.1, 0.15) is 10.5 Å². The van der Waals surface area contributed by atoms with E-state index in [4.69, 9.17) is 0 Å². The first-order valence-electron chi connectivity index (χ1n) is 3.68. The van der Waals surface area contributed by atoms with E-state index in [9.17, 15) is 4.79 Å². The molecular weight excluding hydrogens is 170 g/mol. The van der Waals surface area contributed by atoms with Crippen LogP contribution in [-0.2, 0) is 7.05 Å². The fraction of sp³-hybridized carbons (Fsp3) is 0.143. The molecule has 0 fully saturated rings. The zero-order valence-electron chi connectivity index (χ0n) is 6.95. The highest BCUT2D eigenvalue weighted by Gasteiger charge is 2.11. The third kappa shape index (κ3) is 1.33. The highest BCUT2D eigenvalue weighted by molar-refractivity contribution is 5.92. The molecule has 0 amide bonds. The fourth-order valence-corrected chi connectivity index (χ4v) is 0.952. The summed E-state index contributed by atoms with van der Waals surface area (Å²) in [4.78, 5) is 11.5. The number of aromatic nitrogens is 5. The number of rotatable bonds is 1. The Morgan fingerprint density at radius 2 is 2.38 bits per heavy atom. The predicted octanol–water partition coefficient (Wildman–Crippen LogP) is -0.300. The summed E-state index contributed by atoms with van der Waals surface area (Å²) < 4.78 is 2.68. The van der Waals surface area contributed by atoms with Crippen molar-refractivity contribution in [2.45, 2.75) is 0 Å². The van der Waals surface area contributed by atoms with Crippen LogP contribution in [0, 0.1) is 0 Å². The van der Waals surface area contributed by atoms with Gasteiger partial charge in [0.15, 0.2) is 5.69 Å². The van der Waals surface area contributed by atoms with E-state index in [2.05, 4.69) is 15.4 Å². The molecule has 0 spiro atoms. The molecule has 2 heterocycles. The van der Waals surface area contributed by atoms with E-state index in [0.29, 0.717) is 0 Å². The third-order valence-corrected chi connectivity index (χ3v) is 1.53. The molecule has 6 nitrogen and oxygen atoms in total. The number of hydrogen-bond acceptors (Lipinski definition) is 4. The summed E-state index contributed by atoms with van der Waals surface area (Å²) in [5, 5.41) is 11.1. The number of carbonyl (C=O) groups excluding carboxylic acids is 1. The minimum Gasteiger partial charge on any atom is -0.265 e. The minimum absolute atomic E-state index is 0.280. The van der Waals surface area contributed by atoms with E-state index in [1.807, 2.05) is 0 Å². The molecule has 2 rings (SSSR count). The smallest absolute Gasteiger partial charge is 0.265 e. The van der Waals surface area contributed by atoms with Gasteiger partial charge in [-0.15, -0.1) is 5.10 Å². The van der Waals surface area contributed by atoms with Crippen LogP contribution in [0.3, 0.4) is 0 Å². The number of carbonyl (C=O) groups is 1. The Morgan fingerprint density at radius 3 is 2.92 bits per heavy atom. The van der Waals surface area contributed by atoms with Gasteiger partial charge in [-0.3, -0.25) is 9.48 Å². The summed E-state index contributed by atoms with van der Waals surface area (Å²) >= 11 is 0. The number of aryl methyl sites for hydroxylation is 1. The van der Waals surface area contributed by atoms with Crippen LogP contribution < -0.4 is 0 Å². The molecule has 0 unspecified atom stereocenters. The highest BCUT2D eigenvalue weighted by Crippen LogP contribution is 1.95. The molecule has 13 heavy (non-hydrogen) atoms. The van der Waals surface area contributed by atoms with E-state index in [1.54, 1.807) is 25.5 Å². The largest absolute Gasteiger partial charge is 0.300 e. The maximum absolute atomic E-state index is 11.5. The van der Waals surface area contributed by atoms with Crippen molar-refractivity contribution < 1.29 is 4.79 Å². The van der Waals surface area contributed by atoms with E-state index in [1.165, 1.54) is 15.6 Å². The van der Waals surface area contributed by atoms with Crippen molar-refractivity contribution in [3.8, 4) is 0 Å². The van der Waals surface area contributed by atoms with Crippen molar-refractivity contribution in [2.75, 3.05) is 0 Å². The standard InChI is InChI=1S/C7H7N5O/c1-11-5-6(9-10-11)7(13)12-4-2-3-8-12/h2-5H,1H3. The molecule has 66 valence electrons. The zero-order chi connectivity index (χ0) is 9.26. The Labute approximate surface area is 73.8 Å². The van der Waals surface area contributed by atoms with Gasteiger partial charge in [0, 0.05) is 19.4 Å². The van der Waals surface area contributed by atoms with Gasteiger partial charge in [-0.1, -0.05) is 5.21 Å². The summed E-state index contributed by atoms with van der Waals surface area (Å²) in [5.41, 5.74) is 0.284. The van der Waals surface area contributed by atoms with Crippen molar-refractivity contribution in [2.24, 2.45) is 7.05 Å². The fourth-order valence-electron chi connectivity index (χ4n) is 0.952. The Hall–Kier alpha value is -1.98. The van der Waals surface area contributed by atoms with Gasteiger partial charge in [0.1, 0.15) is 0 Å². The second kappa shape index (κ2) is 2.81. The predicted molar refractivity (Wildman–Crippen MR) is 43.0 cm³/mol. The monoisotopic (exact) mass is 177 g/mol. The molecule has 2 aromatic rings. The van der Waals surface area contributed by atoms with Crippen molar-refractivity contribution in [3.63, 3.8) is 0 Å². The van der Waals surface area contributed by atoms with Gasteiger partial charge in [0.05, 0.1) is 6.20 Å². The van der Waals surface area contributed by atoms with E-state index >= 15 is 0 Å². The summed E-state index contributed by atoms with van der Waals surface area (Å²) in [7, 11) is 1.70. The average Bonchev–Trinajstić information content (AvgIpc) is 2.72. The van der Waals surface area contributed by atoms with Crippen LogP contribution in [0.2, 0.25) is 0 Å². The molecule has 0 aliphatic heterocycles. The van der Waals surface area contributed by atoms with Crippen molar-refractivity contribution in [3.05, 3.63) is 30.4 Å². The maximum Gasteiger partial charge on any atom is 0.300 e. The van der Waals surface area contributed by atoms with Gasteiger partial charge in [0.25, 0.3) is 5.91 Å². The quantitative estimate of drug-likeness (QED) is 0.599. The lowest BCUT2D eigenvalue weighted by Crippen LogP contribution is -2.12. The molecule has 6 heteroatoms. The highest BCUT2D eigenvalue weighted by atomic mass is 16.2. The van der Waals surface area contributed by atoms with Gasteiger partial charge in [-0.25, -0.2) is 4.68 Å². The van der Waals surface area contributed by atoms with Crippen LogP contribution >= 0.6 is 0 Å². The van der Waals surface area contributed by atoms with E-state index in [-0.39, 0.29) is 11.6 Å². The van der Waals surface area contributed by atoms with Crippen LogP contribution in [0.15, 0.2) is 24.7 Å². The summed E-state index contributed by atoms with van der Waals surface area (Å²) in [6.45, 7) is 0. The Kier molecular flexibility index (Phi) is 1.66. The van der Waals surface area contributed by atoms with Gasteiger partial charge in [-0.2, -0.15) is 5.10 Å². The SMILES string of the molecule is Cn1cc(C(=O)n2cccn2)nn1. The molecule has 0 saturated carbocycles. The summed E-state index contributed by atoms with van der Waals surface area (Å²) in [5.74, 6) is -0.280. The molecule has 2 aromatic heterocycles. The molecule has 0 atom stereocenters. The van der Waals surface area contributed by atoms with Gasteiger partial charge >= 0.3 is 0 Å². The third-order valence-electron chi connectivity index (χ3n) is 1.53. The lowest BCUT2D eigenvalue weighted by molar-refractivity contribution is 0.0940. The van der Waals surface area contributed by atoms with Crippen LogP contribution in [0.25, 0.3) is 0 Å². The lowest BCUT2D eigenvalue weighted by Gasteiger charge is -1.92. The Bertz CT molecular complexity index is 416. The Morgan fingerprint density at radius 1 is 1.54 bits per heavy atom. The first-order valence-corrected chi connectivity index (χ1v) is 3.68. The van der Waals surface area contributed by atoms with Gasteiger partial charge < -0.3 is 0 Å². The molecule has 0 aromatic carbocycles. The lowest BCUT2D eigenvalue weighted by atomic mass is 10.4. The molecule has 0 aliphatic carbocycles. The molecule has 0 radical (unpaired) electrons. The average molecular weight is 177 g/mol. The maximum atomic E-state index is 11.5. The topological polar surface area (TPSA) is 65.6 Å². The summed E-state index contributed by atoms with van der Waals surface area (Å²) in [6.07, 6.45) is 4.65. The van der Waals surface area contributed by atoms with E-state index < -0.39 is 0 Å². The molecule has 0 N–H and O–H groups in total. The van der Waals surface area contributed by atoms with Crippen LogP contribution in [0.5, 0.6) is 0 Å². The minimum atomic E-state index is -0.280. The van der Waals surface area contributed by atoms with Crippen molar-refractivity contribution >= 4 is 5.91 Å². The second-order valence-electron chi connectivity index (χ2n) is 2.53. The molecule has 0 bridgehead atoms. The summed E-state index contributed by atoms with van der Waals surface area (Å²) in [6, 6.07) is 1.67. The van der Waals surface area contributed by atoms with Crippen molar-refractivity contribution in [1.29, 1.82) is 0 Å². The first-order chi connectivity index (χ1) is 6.27. The molecular formula is C7H7N5O. The van der Waals surface area contributed by atoms with E-state index in [0.717, 1.165) is 0 Å². The molecule has 0 aliphatic rings. The van der Waals surface area contributed by atoms with Gasteiger partial charge in [0.2, 0.25) is 0 Å². The number of hydrogen-bond donors (Lipinski definition) is 0. The van der Waals surface area contributed by atoms with Gasteiger partial charge in [-0.05, 0) is 6.07 Å². The Balaban J connectivity index is 2.33. The van der Waals surface area contributed by atoms with Crippen LogP contribution in [-0.4, -0.2) is 30.7 Å². The second-order valence-corrected chi connectivity index (χ2v) is 2.53. The first kappa shape index (κ1) is 7.66. The van der Waals surface area contributed by atoms with Crippen molar-refractivity contribution in [1.82, 2.24) is 24.8 Å². The zero-order valence-corrected chi connectivity index (χ0v) is 6.95. The number of nitrogens with zero attached hydrogens (tertiary/aromatic N) is 5. The van der Waals surface area contributed by atoms with Crippen LogP contribution in [0.4, 0.5) is 0 Å². The molecule has 0 saturated heterocycles.